The first kappa shape index (κ1) is 18.1. The van der Waals surface area contributed by atoms with E-state index >= 15 is 0 Å². The fourth-order valence-corrected chi connectivity index (χ4v) is 3.73. The molecule has 1 saturated heterocycles. The molecule has 3 aromatic heterocycles. The summed E-state index contributed by atoms with van der Waals surface area (Å²) in [6.07, 6.45) is 2.01. The molecule has 0 spiro atoms. The van der Waals surface area contributed by atoms with Gasteiger partial charge >= 0.3 is 0 Å². The van der Waals surface area contributed by atoms with E-state index in [0.29, 0.717) is 24.9 Å². The molecule has 2 aliphatic heterocycles. The topological polar surface area (TPSA) is 88.0 Å². The number of ether oxygens (including phenoxy) is 1. The van der Waals surface area contributed by atoms with Crippen LogP contribution < -0.4 is 9.64 Å². The second-order valence-corrected chi connectivity index (χ2v) is 8.00. The van der Waals surface area contributed by atoms with Crippen molar-refractivity contribution in [1.29, 1.82) is 0 Å². The van der Waals surface area contributed by atoms with Crippen molar-refractivity contribution >= 4 is 5.82 Å². The van der Waals surface area contributed by atoms with E-state index < -0.39 is 0 Å². The molecule has 3 aromatic rings. The number of rotatable bonds is 3. The molecule has 5 rings (SSSR count). The van der Waals surface area contributed by atoms with Crippen LogP contribution in [0.1, 0.15) is 25.6 Å². The molecule has 0 atom stereocenters. The second kappa shape index (κ2) is 7.14. The minimum Gasteiger partial charge on any atom is -0.475 e. The van der Waals surface area contributed by atoms with Gasteiger partial charge in [-0.25, -0.2) is 9.97 Å². The highest BCUT2D eigenvalue weighted by atomic mass is 16.5. The molecule has 1 fully saturated rings. The number of H-pyrrole nitrogens is 1. The Hall–Kier alpha value is -2.94. The number of imidazole rings is 1. The van der Waals surface area contributed by atoms with Crippen LogP contribution in [-0.4, -0.2) is 74.4 Å². The fourth-order valence-electron chi connectivity index (χ4n) is 3.73. The number of aromatic nitrogens is 6. The van der Waals surface area contributed by atoms with Crippen molar-refractivity contribution in [2.75, 3.05) is 44.7 Å². The average Bonchev–Trinajstić information content (AvgIpc) is 3.33. The maximum atomic E-state index is 5.98. The molecule has 1 N–H and O–H groups in total. The van der Waals surface area contributed by atoms with Gasteiger partial charge in [0.2, 0.25) is 5.88 Å². The number of piperazine rings is 1. The van der Waals surface area contributed by atoms with Crippen LogP contribution in [0.3, 0.4) is 0 Å². The average molecular weight is 394 g/mol. The molecule has 29 heavy (non-hydrogen) atoms. The minimum atomic E-state index is 0.270. The Labute approximate surface area is 169 Å². The van der Waals surface area contributed by atoms with Crippen LogP contribution in [0.5, 0.6) is 5.88 Å². The van der Waals surface area contributed by atoms with Crippen molar-refractivity contribution in [2.24, 2.45) is 0 Å². The van der Waals surface area contributed by atoms with Gasteiger partial charge in [0.15, 0.2) is 11.6 Å². The Balaban J connectivity index is 1.48. The number of aromatic amines is 1. The van der Waals surface area contributed by atoms with Gasteiger partial charge in [0.25, 0.3) is 0 Å². The van der Waals surface area contributed by atoms with Gasteiger partial charge in [-0.1, -0.05) is 13.8 Å². The van der Waals surface area contributed by atoms with Crippen LogP contribution in [-0.2, 0) is 6.54 Å². The summed E-state index contributed by atoms with van der Waals surface area (Å²) in [6.45, 7) is 9.47. The Morgan fingerprint density at radius 1 is 1.03 bits per heavy atom. The van der Waals surface area contributed by atoms with E-state index in [4.69, 9.17) is 14.7 Å². The molecule has 0 bridgehead atoms. The van der Waals surface area contributed by atoms with E-state index in [1.165, 1.54) is 0 Å². The maximum Gasteiger partial charge on any atom is 0.226 e. The molecule has 0 radical (unpaired) electrons. The van der Waals surface area contributed by atoms with Gasteiger partial charge in [-0.05, 0) is 19.2 Å². The van der Waals surface area contributed by atoms with Gasteiger partial charge in [0.1, 0.15) is 23.9 Å². The first-order valence-electron chi connectivity index (χ1n) is 10.2. The largest absolute Gasteiger partial charge is 0.475 e. The summed E-state index contributed by atoms with van der Waals surface area (Å²) in [5.74, 6) is 4.23. The lowest BCUT2D eigenvalue weighted by Gasteiger charge is -2.33. The van der Waals surface area contributed by atoms with Crippen LogP contribution in [0.4, 0.5) is 5.82 Å². The van der Waals surface area contributed by atoms with Crippen LogP contribution >= 0.6 is 0 Å². The third-order valence-corrected chi connectivity index (χ3v) is 5.52. The van der Waals surface area contributed by atoms with E-state index in [0.717, 1.165) is 54.9 Å². The third-order valence-electron chi connectivity index (χ3n) is 5.52. The molecule has 2 aliphatic rings. The van der Waals surface area contributed by atoms with Crippen molar-refractivity contribution in [1.82, 2.24) is 34.6 Å². The Kier molecular flexibility index (Phi) is 4.46. The molecule has 0 amide bonds. The number of fused-ring (bicyclic) bond motifs is 3. The van der Waals surface area contributed by atoms with Crippen molar-refractivity contribution in [3.05, 3.63) is 24.2 Å². The quantitative estimate of drug-likeness (QED) is 0.727. The normalized spacial score (nSPS) is 17.0. The Bertz CT molecular complexity index is 1020. The zero-order chi connectivity index (χ0) is 20.0. The predicted octanol–water partition coefficient (Wildman–Crippen LogP) is 2.00. The number of nitrogens with zero attached hydrogens (tertiary/aromatic N) is 7. The second-order valence-electron chi connectivity index (χ2n) is 8.00. The van der Waals surface area contributed by atoms with Gasteiger partial charge in [0.05, 0.1) is 12.1 Å². The van der Waals surface area contributed by atoms with Crippen LogP contribution in [0.25, 0.3) is 22.9 Å². The molecule has 0 aliphatic carbocycles. The summed E-state index contributed by atoms with van der Waals surface area (Å²) < 4.78 is 8.09. The number of likely N-dealkylation sites (N-methyl/N-ethyl adjacent to an activating group) is 1. The lowest BCUT2D eigenvalue weighted by atomic mass is 10.2. The third kappa shape index (κ3) is 3.35. The van der Waals surface area contributed by atoms with Gasteiger partial charge in [-0.2, -0.15) is 10.1 Å². The zero-order valence-corrected chi connectivity index (χ0v) is 17.1. The number of hydrogen-bond donors (Lipinski definition) is 1. The van der Waals surface area contributed by atoms with Crippen molar-refractivity contribution < 1.29 is 4.74 Å². The van der Waals surface area contributed by atoms with Gasteiger partial charge in [-0.3, -0.25) is 5.10 Å². The van der Waals surface area contributed by atoms with E-state index in [-0.39, 0.29) is 5.92 Å². The van der Waals surface area contributed by atoms with Gasteiger partial charge < -0.3 is 19.1 Å². The van der Waals surface area contributed by atoms with Crippen LogP contribution in [0.2, 0.25) is 0 Å². The molecule has 5 heterocycles. The molecule has 9 heteroatoms. The van der Waals surface area contributed by atoms with Gasteiger partial charge in [-0.15, -0.1) is 0 Å². The first-order valence-corrected chi connectivity index (χ1v) is 10.2. The summed E-state index contributed by atoms with van der Waals surface area (Å²) in [6, 6.07) is 4.15. The number of anilines is 1. The highest BCUT2D eigenvalue weighted by molar-refractivity contribution is 5.68. The summed E-state index contributed by atoms with van der Waals surface area (Å²) in [7, 11) is 2.15. The van der Waals surface area contributed by atoms with E-state index in [2.05, 4.69) is 62.6 Å². The lowest BCUT2D eigenvalue weighted by molar-refractivity contribution is 0.294. The molecule has 152 valence electrons. The molecule has 9 nitrogen and oxygen atoms in total. The van der Waals surface area contributed by atoms with Crippen molar-refractivity contribution in [3.8, 4) is 28.8 Å². The maximum absolute atomic E-state index is 5.98. The van der Waals surface area contributed by atoms with Crippen LogP contribution in [0, 0.1) is 0 Å². The molecular weight excluding hydrogens is 368 g/mol. The lowest BCUT2D eigenvalue weighted by Crippen LogP contribution is -2.44. The summed E-state index contributed by atoms with van der Waals surface area (Å²) in [5.41, 5.74) is 1.70. The first-order chi connectivity index (χ1) is 14.1. The van der Waals surface area contributed by atoms with E-state index in [1.807, 2.05) is 6.20 Å². The highest BCUT2D eigenvalue weighted by Crippen LogP contribution is 2.34. The summed E-state index contributed by atoms with van der Waals surface area (Å²) >= 11 is 0. The summed E-state index contributed by atoms with van der Waals surface area (Å²) in [4.78, 5) is 18.9. The minimum absolute atomic E-state index is 0.270. The molecular formula is C20H26N8O. The highest BCUT2D eigenvalue weighted by Gasteiger charge is 2.23. The summed E-state index contributed by atoms with van der Waals surface area (Å²) in [5, 5.41) is 7.31. The monoisotopic (exact) mass is 394 g/mol. The fraction of sp³-hybridized carbons (Fsp3) is 0.500. The van der Waals surface area contributed by atoms with E-state index in [9.17, 15) is 0 Å². The van der Waals surface area contributed by atoms with Crippen molar-refractivity contribution in [3.63, 3.8) is 0 Å². The predicted molar refractivity (Wildman–Crippen MR) is 110 cm³/mol. The van der Waals surface area contributed by atoms with Crippen LogP contribution in [0.15, 0.2) is 18.3 Å². The van der Waals surface area contributed by atoms with Crippen molar-refractivity contribution in [2.45, 2.75) is 26.3 Å². The molecule has 0 aromatic carbocycles. The molecule has 0 unspecified atom stereocenters. The number of hydrogen-bond acceptors (Lipinski definition) is 7. The number of pyridine rings is 1. The molecule has 0 saturated carbocycles. The smallest absolute Gasteiger partial charge is 0.226 e. The SMILES string of the molecule is CC(C)c1n[nH]c(-c2cn3c(n2)-c2ccc(N4CCN(C)CC4)nc2OCC3)n1. The standard InChI is InChI=1S/C20H26N8O/c1-13(2)17-23-18(25-24-17)15-12-28-10-11-29-20-14(19(28)21-15)4-5-16(22-20)27-8-6-26(3)7-9-27/h4-5,12-13H,6-11H2,1-3H3,(H,23,24,25). The zero-order valence-electron chi connectivity index (χ0n) is 17.1. The Morgan fingerprint density at radius 3 is 2.62 bits per heavy atom. The number of nitrogens with one attached hydrogen (secondary N) is 1. The Morgan fingerprint density at radius 2 is 1.86 bits per heavy atom. The van der Waals surface area contributed by atoms with Gasteiger partial charge in [0, 0.05) is 38.3 Å². The van der Waals surface area contributed by atoms with E-state index in [1.54, 1.807) is 0 Å².